The zero-order valence-corrected chi connectivity index (χ0v) is 17.3. The first-order valence-corrected chi connectivity index (χ1v) is 10.1. The van der Waals surface area contributed by atoms with Gasteiger partial charge in [0.25, 0.3) is 5.91 Å². The largest absolute Gasteiger partial charge is 0.450 e. The van der Waals surface area contributed by atoms with E-state index in [0.29, 0.717) is 25.5 Å². The van der Waals surface area contributed by atoms with Crippen LogP contribution in [0, 0.1) is 5.82 Å². The Bertz CT molecular complexity index is 1150. The van der Waals surface area contributed by atoms with Crippen LogP contribution in [0.5, 0.6) is 0 Å². The molecule has 0 saturated carbocycles. The fourth-order valence-corrected chi connectivity index (χ4v) is 4.01. The van der Waals surface area contributed by atoms with Crippen molar-refractivity contribution in [2.75, 3.05) is 20.3 Å². The molecule has 1 amide bonds. The molecular formula is C24H24FNO4. The van der Waals surface area contributed by atoms with Crippen LogP contribution in [0.3, 0.4) is 0 Å². The molecule has 3 aromatic rings. The third-order valence-corrected chi connectivity index (χ3v) is 5.59. The standard InChI is InChI=1S/C24H24FNO4/c1-14(2)15-5-7-16(8-6-15)21-20-22(27)18-13-17(25)9-10-19(18)30-23(20)24(28)26(21)11-4-12-29-3/h5-10,13-14,21H,4,11-12H2,1-3H3. The molecule has 5 nitrogen and oxygen atoms in total. The molecule has 0 spiro atoms. The van der Waals surface area contributed by atoms with Crippen molar-refractivity contribution in [2.45, 2.75) is 32.2 Å². The number of fused-ring (bicyclic) bond motifs is 2. The van der Waals surface area contributed by atoms with E-state index < -0.39 is 11.9 Å². The Labute approximate surface area is 174 Å². The molecule has 2 heterocycles. The van der Waals surface area contributed by atoms with Gasteiger partial charge in [-0.25, -0.2) is 4.39 Å². The molecule has 0 fully saturated rings. The van der Waals surface area contributed by atoms with Crippen molar-refractivity contribution in [1.29, 1.82) is 0 Å². The lowest BCUT2D eigenvalue weighted by atomic mass is 9.95. The van der Waals surface area contributed by atoms with Gasteiger partial charge in [-0.15, -0.1) is 0 Å². The molecule has 1 unspecified atom stereocenters. The summed E-state index contributed by atoms with van der Waals surface area (Å²) in [4.78, 5) is 28.2. The van der Waals surface area contributed by atoms with Crippen molar-refractivity contribution in [3.8, 4) is 0 Å². The monoisotopic (exact) mass is 409 g/mol. The van der Waals surface area contributed by atoms with Gasteiger partial charge in [-0.05, 0) is 41.7 Å². The number of rotatable bonds is 6. The van der Waals surface area contributed by atoms with E-state index in [4.69, 9.17) is 9.15 Å². The van der Waals surface area contributed by atoms with Gasteiger partial charge in [0, 0.05) is 20.3 Å². The van der Waals surface area contributed by atoms with Gasteiger partial charge in [-0.1, -0.05) is 38.1 Å². The Kier molecular flexibility index (Phi) is 5.43. The van der Waals surface area contributed by atoms with E-state index in [0.717, 1.165) is 5.56 Å². The Morgan fingerprint density at radius 1 is 1.13 bits per heavy atom. The molecule has 2 aromatic carbocycles. The second-order valence-electron chi connectivity index (χ2n) is 7.88. The molecule has 1 aliphatic rings. The van der Waals surface area contributed by atoms with E-state index in [1.165, 1.54) is 23.8 Å². The van der Waals surface area contributed by atoms with E-state index >= 15 is 0 Å². The molecule has 1 atom stereocenters. The summed E-state index contributed by atoms with van der Waals surface area (Å²) in [6.45, 7) is 5.12. The van der Waals surface area contributed by atoms with Crippen molar-refractivity contribution in [1.82, 2.24) is 4.90 Å². The number of amides is 1. The van der Waals surface area contributed by atoms with Crippen LogP contribution in [0.1, 0.15) is 59.5 Å². The zero-order chi connectivity index (χ0) is 21.4. The predicted octanol–water partition coefficient (Wildman–Crippen LogP) is 4.64. The number of hydrogen-bond acceptors (Lipinski definition) is 4. The third kappa shape index (κ3) is 3.41. The van der Waals surface area contributed by atoms with E-state index in [-0.39, 0.29) is 33.6 Å². The Morgan fingerprint density at radius 2 is 1.87 bits per heavy atom. The summed E-state index contributed by atoms with van der Waals surface area (Å²) in [5.74, 6) is -0.447. The maximum atomic E-state index is 13.8. The molecule has 1 aliphatic heterocycles. The third-order valence-electron chi connectivity index (χ3n) is 5.59. The van der Waals surface area contributed by atoms with Crippen molar-refractivity contribution in [3.63, 3.8) is 0 Å². The number of benzene rings is 2. The Morgan fingerprint density at radius 3 is 2.53 bits per heavy atom. The van der Waals surface area contributed by atoms with Crippen LogP contribution < -0.4 is 5.43 Å². The predicted molar refractivity (Wildman–Crippen MR) is 112 cm³/mol. The number of nitrogens with zero attached hydrogens (tertiary/aromatic N) is 1. The summed E-state index contributed by atoms with van der Waals surface area (Å²) >= 11 is 0. The van der Waals surface area contributed by atoms with Gasteiger partial charge in [-0.2, -0.15) is 0 Å². The first-order valence-electron chi connectivity index (χ1n) is 10.1. The summed E-state index contributed by atoms with van der Waals surface area (Å²) in [7, 11) is 1.61. The van der Waals surface area contributed by atoms with Gasteiger partial charge in [0.05, 0.1) is 17.0 Å². The maximum Gasteiger partial charge on any atom is 0.290 e. The molecule has 0 bridgehead atoms. The van der Waals surface area contributed by atoms with Gasteiger partial charge in [0.1, 0.15) is 11.4 Å². The second-order valence-corrected chi connectivity index (χ2v) is 7.88. The first-order chi connectivity index (χ1) is 14.4. The van der Waals surface area contributed by atoms with Crippen molar-refractivity contribution in [2.24, 2.45) is 0 Å². The zero-order valence-electron chi connectivity index (χ0n) is 17.3. The van der Waals surface area contributed by atoms with Crippen LogP contribution in [0.4, 0.5) is 4.39 Å². The van der Waals surface area contributed by atoms with Gasteiger partial charge >= 0.3 is 0 Å². The van der Waals surface area contributed by atoms with E-state index in [1.807, 2.05) is 24.3 Å². The summed E-state index contributed by atoms with van der Waals surface area (Å²) in [5, 5.41) is 0.143. The minimum atomic E-state index is -0.575. The number of carbonyl (C=O) groups is 1. The molecule has 30 heavy (non-hydrogen) atoms. The van der Waals surface area contributed by atoms with Crippen molar-refractivity contribution >= 4 is 16.9 Å². The van der Waals surface area contributed by atoms with Gasteiger partial charge in [0.2, 0.25) is 5.76 Å². The van der Waals surface area contributed by atoms with Crippen LogP contribution in [0.25, 0.3) is 11.0 Å². The summed E-state index contributed by atoms with van der Waals surface area (Å²) < 4.78 is 24.7. The van der Waals surface area contributed by atoms with Crippen LogP contribution in [-0.2, 0) is 4.74 Å². The maximum absolute atomic E-state index is 13.8. The quantitative estimate of drug-likeness (QED) is 0.557. The first kappa shape index (κ1) is 20.3. The minimum absolute atomic E-state index is 0.0365. The highest BCUT2D eigenvalue weighted by Gasteiger charge is 2.42. The van der Waals surface area contributed by atoms with Crippen LogP contribution in [-0.4, -0.2) is 31.1 Å². The number of halogens is 1. The number of methoxy groups -OCH3 is 1. The summed E-state index contributed by atoms with van der Waals surface area (Å²) in [6.07, 6.45) is 0.624. The topological polar surface area (TPSA) is 59.8 Å². The van der Waals surface area contributed by atoms with Crippen molar-refractivity contribution in [3.05, 3.63) is 81.0 Å². The smallest absolute Gasteiger partial charge is 0.290 e. The average molecular weight is 409 g/mol. The summed E-state index contributed by atoms with van der Waals surface area (Å²) in [6, 6.07) is 11.1. The highest BCUT2D eigenvalue weighted by molar-refractivity contribution is 5.99. The van der Waals surface area contributed by atoms with Crippen molar-refractivity contribution < 1.29 is 18.3 Å². The van der Waals surface area contributed by atoms with Gasteiger partial charge in [0.15, 0.2) is 5.43 Å². The molecule has 6 heteroatoms. The summed E-state index contributed by atoms with van der Waals surface area (Å²) in [5.41, 5.74) is 2.11. The van der Waals surface area contributed by atoms with E-state index in [9.17, 15) is 14.0 Å². The lowest BCUT2D eigenvalue weighted by molar-refractivity contribution is 0.0708. The van der Waals surface area contributed by atoms with E-state index in [1.54, 1.807) is 12.0 Å². The number of carbonyl (C=O) groups excluding carboxylic acids is 1. The highest BCUT2D eigenvalue weighted by Crippen LogP contribution is 2.38. The number of hydrogen-bond donors (Lipinski definition) is 0. The lowest BCUT2D eigenvalue weighted by Crippen LogP contribution is -2.31. The molecule has 0 aliphatic carbocycles. The minimum Gasteiger partial charge on any atom is -0.450 e. The second kappa shape index (κ2) is 8.03. The van der Waals surface area contributed by atoms with Crippen LogP contribution >= 0.6 is 0 Å². The molecule has 4 rings (SSSR count). The molecular weight excluding hydrogens is 385 g/mol. The highest BCUT2D eigenvalue weighted by atomic mass is 19.1. The molecule has 0 N–H and O–H groups in total. The van der Waals surface area contributed by atoms with Gasteiger partial charge in [-0.3, -0.25) is 9.59 Å². The SMILES string of the molecule is COCCCN1C(=O)c2oc3ccc(F)cc3c(=O)c2C1c1ccc(C(C)C)cc1. The lowest BCUT2D eigenvalue weighted by Gasteiger charge is -2.25. The van der Waals surface area contributed by atoms with Crippen LogP contribution in [0.2, 0.25) is 0 Å². The fraction of sp³-hybridized carbons (Fsp3) is 0.333. The van der Waals surface area contributed by atoms with E-state index in [2.05, 4.69) is 13.8 Å². The molecule has 0 saturated heterocycles. The normalized spacial score (nSPS) is 16.0. The molecule has 1 aromatic heterocycles. The Hall–Kier alpha value is -2.99. The molecule has 156 valence electrons. The average Bonchev–Trinajstić information content (AvgIpc) is 3.01. The fourth-order valence-electron chi connectivity index (χ4n) is 4.01. The molecule has 0 radical (unpaired) electrons. The number of ether oxygens (including phenoxy) is 1. The van der Waals surface area contributed by atoms with Gasteiger partial charge < -0.3 is 14.1 Å². The Balaban J connectivity index is 1.88. The van der Waals surface area contributed by atoms with Crippen LogP contribution in [0.15, 0.2) is 51.7 Å².